The monoisotopic (exact) mass is 445 g/mol. The number of hydrogen-bond donors (Lipinski definition) is 2. The number of para-hydroxylation sites is 1. The van der Waals surface area contributed by atoms with E-state index in [1.807, 2.05) is 85.8 Å². The van der Waals surface area contributed by atoms with E-state index < -0.39 is 5.25 Å². The van der Waals surface area contributed by atoms with Crippen LogP contribution in [0, 0.1) is 0 Å². The fourth-order valence-electron chi connectivity index (χ4n) is 3.20. The number of nitrogens with two attached hydrogens (primary N) is 1. The molecule has 1 heterocycles. The van der Waals surface area contributed by atoms with Crippen LogP contribution in [-0.2, 0) is 4.79 Å². The van der Waals surface area contributed by atoms with E-state index >= 15 is 0 Å². The van der Waals surface area contributed by atoms with Crippen molar-refractivity contribution in [1.82, 2.24) is 14.9 Å². The lowest BCUT2D eigenvalue weighted by Gasteiger charge is -2.14. The number of nitrogen functional groups attached to an aromatic ring is 1. The van der Waals surface area contributed by atoms with Gasteiger partial charge in [0.1, 0.15) is 5.75 Å². The minimum atomic E-state index is -0.436. The first-order valence-electron chi connectivity index (χ1n) is 10.0. The first-order chi connectivity index (χ1) is 15.6. The first-order valence-corrected chi connectivity index (χ1v) is 10.9. The summed E-state index contributed by atoms with van der Waals surface area (Å²) in [6.45, 7) is 1.81. The Morgan fingerprint density at radius 2 is 1.66 bits per heavy atom. The van der Waals surface area contributed by atoms with E-state index in [2.05, 4.69) is 15.5 Å². The summed E-state index contributed by atoms with van der Waals surface area (Å²) in [5.74, 6) is 7.32. The van der Waals surface area contributed by atoms with E-state index in [1.54, 1.807) is 7.11 Å². The van der Waals surface area contributed by atoms with Crippen LogP contribution in [0.3, 0.4) is 0 Å². The van der Waals surface area contributed by atoms with Crippen LogP contribution in [0.4, 0.5) is 5.69 Å². The summed E-state index contributed by atoms with van der Waals surface area (Å²) < 4.78 is 6.58. The summed E-state index contributed by atoms with van der Waals surface area (Å²) in [6, 6.07) is 25.1. The smallest absolute Gasteiger partial charge is 0.237 e. The van der Waals surface area contributed by atoms with Crippen molar-refractivity contribution in [2.24, 2.45) is 0 Å². The second kappa shape index (κ2) is 9.57. The first kappa shape index (κ1) is 21.5. The normalized spacial score (nSPS) is 11.7. The molecule has 0 aliphatic rings. The fourth-order valence-corrected chi connectivity index (χ4v) is 3.97. The van der Waals surface area contributed by atoms with Crippen molar-refractivity contribution in [3.63, 3.8) is 0 Å². The maximum atomic E-state index is 12.9. The Kier molecular flexibility index (Phi) is 6.42. The highest BCUT2D eigenvalue weighted by molar-refractivity contribution is 8.00. The number of nitrogens with one attached hydrogen (secondary N) is 1. The van der Waals surface area contributed by atoms with Crippen LogP contribution in [0.25, 0.3) is 22.5 Å². The SMILES string of the molecule is COc1ccc(-c2nnc(S[C@H](C)C(=O)Nc3ccccc3-c3ccccc3)n2N)cc1. The average molecular weight is 446 g/mol. The van der Waals surface area contributed by atoms with Crippen LogP contribution in [0.2, 0.25) is 0 Å². The van der Waals surface area contributed by atoms with Crippen molar-refractivity contribution in [1.29, 1.82) is 0 Å². The Hall–Kier alpha value is -3.78. The Bertz CT molecular complexity index is 1210. The standard InChI is InChI=1S/C24H23N5O2S/c1-16(23(30)26-21-11-7-6-10-20(21)17-8-4-3-5-9-17)32-24-28-27-22(29(24)25)18-12-14-19(31-2)15-13-18/h3-16H,25H2,1-2H3,(H,26,30)/t16-/m1/s1. The molecule has 0 saturated carbocycles. The third-order valence-electron chi connectivity index (χ3n) is 4.93. The Morgan fingerprint density at radius 1 is 0.969 bits per heavy atom. The number of anilines is 1. The van der Waals surface area contributed by atoms with Crippen LogP contribution in [-0.4, -0.2) is 33.1 Å². The Morgan fingerprint density at radius 3 is 2.38 bits per heavy atom. The summed E-state index contributed by atoms with van der Waals surface area (Å²) >= 11 is 1.25. The molecule has 0 radical (unpaired) electrons. The third-order valence-corrected chi connectivity index (χ3v) is 5.99. The minimum Gasteiger partial charge on any atom is -0.497 e. The molecule has 1 aromatic heterocycles. The third kappa shape index (κ3) is 4.60. The number of rotatable bonds is 7. The molecule has 1 atom stereocenters. The summed E-state index contributed by atoms with van der Waals surface area (Å²) in [5, 5.41) is 11.4. The number of nitrogens with zero attached hydrogens (tertiary/aromatic N) is 3. The van der Waals surface area contributed by atoms with E-state index in [1.165, 1.54) is 16.4 Å². The molecule has 8 heteroatoms. The molecule has 0 bridgehead atoms. The molecule has 0 saturated heterocycles. The number of hydrogen-bond acceptors (Lipinski definition) is 6. The van der Waals surface area contributed by atoms with Gasteiger partial charge in [-0.3, -0.25) is 4.79 Å². The molecule has 162 valence electrons. The number of aromatic nitrogens is 3. The molecule has 3 aromatic carbocycles. The van der Waals surface area contributed by atoms with Gasteiger partial charge in [-0.15, -0.1) is 10.2 Å². The van der Waals surface area contributed by atoms with Gasteiger partial charge in [0, 0.05) is 16.8 Å². The van der Waals surface area contributed by atoms with Gasteiger partial charge in [-0.25, -0.2) is 4.68 Å². The van der Waals surface area contributed by atoms with E-state index in [9.17, 15) is 4.79 Å². The molecular formula is C24H23N5O2S. The average Bonchev–Trinajstić information content (AvgIpc) is 3.19. The zero-order valence-corrected chi connectivity index (χ0v) is 18.5. The molecule has 4 aromatic rings. The van der Waals surface area contributed by atoms with Gasteiger partial charge >= 0.3 is 0 Å². The fraction of sp³-hybridized carbons (Fsp3) is 0.125. The van der Waals surface area contributed by atoms with E-state index in [4.69, 9.17) is 10.6 Å². The maximum absolute atomic E-state index is 12.9. The lowest BCUT2D eigenvalue weighted by molar-refractivity contribution is -0.115. The van der Waals surface area contributed by atoms with Crippen LogP contribution in [0.1, 0.15) is 6.92 Å². The summed E-state index contributed by atoms with van der Waals surface area (Å²) in [5.41, 5.74) is 3.56. The van der Waals surface area contributed by atoms with Crippen molar-refractivity contribution in [2.45, 2.75) is 17.3 Å². The maximum Gasteiger partial charge on any atom is 0.237 e. The molecule has 0 unspecified atom stereocenters. The van der Waals surface area contributed by atoms with Crippen LogP contribution in [0.15, 0.2) is 84.0 Å². The molecule has 0 fully saturated rings. The van der Waals surface area contributed by atoms with Gasteiger partial charge in [-0.2, -0.15) is 0 Å². The van der Waals surface area contributed by atoms with Gasteiger partial charge in [0.05, 0.1) is 12.4 Å². The number of benzene rings is 3. The zero-order valence-electron chi connectivity index (χ0n) is 17.7. The quantitative estimate of drug-likeness (QED) is 0.322. The Balaban J connectivity index is 1.48. The summed E-state index contributed by atoms with van der Waals surface area (Å²) in [4.78, 5) is 12.9. The predicted molar refractivity (Wildman–Crippen MR) is 128 cm³/mol. The van der Waals surface area contributed by atoms with Crippen LogP contribution in [0.5, 0.6) is 5.75 Å². The molecule has 0 spiro atoms. The highest BCUT2D eigenvalue weighted by Gasteiger charge is 2.21. The van der Waals surface area contributed by atoms with Crippen molar-refractivity contribution in [2.75, 3.05) is 18.3 Å². The number of carbonyl (C=O) groups excluding carboxylic acids is 1. The highest BCUT2D eigenvalue weighted by Crippen LogP contribution is 2.30. The molecule has 1 amide bonds. The van der Waals surface area contributed by atoms with Crippen LogP contribution >= 0.6 is 11.8 Å². The summed E-state index contributed by atoms with van der Waals surface area (Å²) in [7, 11) is 1.61. The number of amides is 1. The molecular weight excluding hydrogens is 422 g/mol. The number of ether oxygens (including phenoxy) is 1. The Labute approximate surface area is 190 Å². The van der Waals surface area contributed by atoms with E-state index in [0.717, 1.165) is 28.1 Å². The minimum absolute atomic E-state index is 0.146. The zero-order chi connectivity index (χ0) is 22.5. The topological polar surface area (TPSA) is 95.1 Å². The predicted octanol–water partition coefficient (Wildman–Crippen LogP) is 4.45. The number of carbonyl (C=O) groups is 1. The van der Waals surface area contributed by atoms with Gasteiger partial charge in [0.2, 0.25) is 11.1 Å². The molecule has 4 rings (SSSR count). The number of thioether (sulfide) groups is 1. The van der Waals surface area contributed by atoms with Gasteiger partial charge in [-0.05, 0) is 42.8 Å². The summed E-state index contributed by atoms with van der Waals surface area (Å²) in [6.07, 6.45) is 0. The van der Waals surface area contributed by atoms with Crippen molar-refractivity contribution in [3.8, 4) is 28.3 Å². The molecule has 3 N–H and O–H groups in total. The van der Waals surface area contributed by atoms with Crippen molar-refractivity contribution < 1.29 is 9.53 Å². The molecule has 0 aliphatic carbocycles. The van der Waals surface area contributed by atoms with E-state index in [-0.39, 0.29) is 5.91 Å². The van der Waals surface area contributed by atoms with Crippen molar-refractivity contribution >= 4 is 23.4 Å². The highest BCUT2D eigenvalue weighted by atomic mass is 32.2. The van der Waals surface area contributed by atoms with E-state index in [0.29, 0.717) is 11.0 Å². The lowest BCUT2D eigenvalue weighted by atomic mass is 10.0. The largest absolute Gasteiger partial charge is 0.497 e. The van der Waals surface area contributed by atoms with Gasteiger partial charge in [-0.1, -0.05) is 60.3 Å². The van der Waals surface area contributed by atoms with Gasteiger partial charge in [0.15, 0.2) is 5.82 Å². The second-order valence-electron chi connectivity index (χ2n) is 7.07. The second-order valence-corrected chi connectivity index (χ2v) is 8.37. The van der Waals surface area contributed by atoms with Crippen LogP contribution < -0.4 is 15.9 Å². The number of methoxy groups -OCH3 is 1. The molecule has 7 nitrogen and oxygen atoms in total. The van der Waals surface area contributed by atoms with Crippen molar-refractivity contribution in [3.05, 3.63) is 78.9 Å². The molecule has 0 aliphatic heterocycles. The molecule has 32 heavy (non-hydrogen) atoms. The van der Waals surface area contributed by atoms with Gasteiger partial charge in [0.25, 0.3) is 0 Å². The lowest BCUT2D eigenvalue weighted by Crippen LogP contribution is -2.24. The van der Waals surface area contributed by atoms with Gasteiger partial charge < -0.3 is 15.9 Å².